The van der Waals surface area contributed by atoms with Crippen molar-refractivity contribution >= 4 is 17.5 Å². The number of carbonyl (C=O) groups excluding carboxylic acids is 1. The van der Waals surface area contributed by atoms with Gasteiger partial charge in [0.15, 0.2) is 5.76 Å². The lowest BCUT2D eigenvalue weighted by Gasteiger charge is -2.59. The molecule has 4 nitrogen and oxygen atoms in total. The van der Waals surface area contributed by atoms with Crippen LogP contribution < -0.4 is 10.1 Å². The van der Waals surface area contributed by atoms with Crippen molar-refractivity contribution in [1.82, 2.24) is 5.32 Å². The van der Waals surface area contributed by atoms with Gasteiger partial charge >= 0.3 is 0 Å². The van der Waals surface area contributed by atoms with Gasteiger partial charge in [-0.15, -0.1) is 0 Å². The summed E-state index contributed by atoms with van der Waals surface area (Å²) in [6.07, 6.45) is 8.89. The van der Waals surface area contributed by atoms with Crippen molar-refractivity contribution in [2.75, 3.05) is 0 Å². The van der Waals surface area contributed by atoms with E-state index in [0.29, 0.717) is 17.3 Å². The molecule has 4 bridgehead atoms. The van der Waals surface area contributed by atoms with E-state index in [1.54, 1.807) is 12.1 Å². The molecule has 0 spiro atoms. The lowest BCUT2D eigenvalue weighted by Crippen LogP contribution is -2.56. The van der Waals surface area contributed by atoms with E-state index in [0.717, 1.165) is 24.2 Å². The molecule has 0 aliphatic heterocycles. The maximum atomic E-state index is 13.2. The number of benzene rings is 1. The standard InChI is InChI=1S/C25H29ClFNO3/c1-2-23(25-11-15-7-16(12-25)9-17(8-15)13-25)28-24(29)22-6-4-19(31-22)14-30-21-5-3-18(27)10-20(21)26/h3-6,10,15-17,23H,2,7-9,11-14H2,1H3,(H,28,29). The minimum atomic E-state index is -0.418. The van der Waals surface area contributed by atoms with E-state index in [1.807, 2.05) is 0 Å². The summed E-state index contributed by atoms with van der Waals surface area (Å²) >= 11 is 5.99. The zero-order valence-corrected chi connectivity index (χ0v) is 18.6. The average Bonchev–Trinajstić information content (AvgIpc) is 3.19. The first-order chi connectivity index (χ1) is 14.9. The smallest absolute Gasteiger partial charge is 0.287 e. The summed E-state index contributed by atoms with van der Waals surface area (Å²) in [7, 11) is 0. The molecule has 1 heterocycles. The quantitative estimate of drug-likeness (QED) is 0.538. The molecule has 31 heavy (non-hydrogen) atoms. The second kappa shape index (κ2) is 8.16. The molecular formula is C25H29ClFNO3. The Morgan fingerprint density at radius 1 is 1.19 bits per heavy atom. The lowest BCUT2D eigenvalue weighted by molar-refractivity contribution is -0.0728. The molecule has 166 valence electrons. The summed E-state index contributed by atoms with van der Waals surface area (Å²) in [5.74, 6) is 3.17. The van der Waals surface area contributed by atoms with Gasteiger partial charge in [0.05, 0.1) is 5.02 Å². The fourth-order valence-electron chi connectivity index (χ4n) is 6.84. The van der Waals surface area contributed by atoms with E-state index in [1.165, 1.54) is 56.7 Å². The number of ether oxygens (including phenoxy) is 1. The second-order valence-corrected chi connectivity index (χ2v) is 10.3. The van der Waals surface area contributed by atoms with E-state index in [9.17, 15) is 9.18 Å². The first kappa shape index (κ1) is 20.9. The van der Waals surface area contributed by atoms with Gasteiger partial charge in [-0.3, -0.25) is 4.79 Å². The van der Waals surface area contributed by atoms with Crippen LogP contribution in [0.15, 0.2) is 34.7 Å². The summed E-state index contributed by atoms with van der Waals surface area (Å²) in [5.41, 5.74) is 0.261. The van der Waals surface area contributed by atoms with E-state index in [4.69, 9.17) is 20.8 Å². The predicted molar refractivity (Wildman–Crippen MR) is 117 cm³/mol. The highest BCUT2D eigenvalue weighted by atomic mass is 35.5. The number of hydrogen-bond acceptors (Lipinski definition) is 3. The third-order valence-electron chi connectivity index (χ3n) is 7.69. The van der Waals surface area contributed by atoms with Crippen LogP contribution in [0.3, 0.4) is 0 Å². The van der Waals surface area contributed by atoms with Gasteiger partial charge in [-0.25, -0.2) is 4.39 Å². The Morgan fingerprint density at radius 3 is 2.48 bits per heavy atom. The number of amides is 1. The van der Waals surface area contributed by atoms with Gasteiger partial charge < -0.3 is 14.5 Å². The fraction of sp³-hybridized carbons (Fsp3) is 0.560. The van der Waals surface area contributed by atoms with Crippen LogP contribution in [0.25, 0.3) is 0 Å². The number of carbonyl (C=O) groups is 1. The van der Waals surface area contributed by atoms with Gasteiger partial charge in [0.2, 0.25) is 0 Å². The zero-order valence-electron chi connectivity index (χ0n) is 17.8. The van der Waals surface area contributed by atoms with Crippen molar-refractivity contribution in [3.8, 4) is 5.75 Å². The maximum Gasteiger partial charge on any atom is 0.287 e. The number of furan rings is 1. The molecular weight excluding hydrogens is 417 g/mol. The molecule has 0 radical (unpaired) electrons. The molecule has 1 atom stereocenters. The number of nitrogens with one attached hydrogen (secondary N) is 1. The van der Waals surface area contributed by atoms with E-state index in [2.05, 4.69) is 12.2 Å². The monoisotopic (exact) mass is 445 g/mol. The normalized spacial score (nSPS) is 29.7. The van der Waals surface area contributed by atoms with Crippen LogP contribution in [-0.2, 0) is 6.61 Å². The third-order valence-corrected chi connectivity index (χ3v) is 7.98. The SMILES string of the molecule is CCC(NC(=O)c1ccc(COc2ccc(F)cc2Cl)o1)C12CC3CC(CC(C3)C1)C2. The molecule has 1 aromatic heterocycles. The van der Waals surface area contributed by atoms with E-state index < -0.39 is 5.82 Å². The molecule has 4 fully saturated rings. The van der Waals surface area contributed by atoms with Crippen LogP contribution in [0.2, 0.25) is 5.02 Å². The molecule has 1 aromatic carbocycles. The van der Waals surface area contributed by atoms with Crippen molar-refractivity contribution in [1.29, 1.82) is 0 Å². The highest BCUT2D eigenvalue weighted by Gasteiger charge is 2.54. The molecule has 0 saturated heterocycles. The van der Waals surface area contributed by atoms with Crippen molar-refractivity contribution in [3.63, 3.8) is 0 Å². The topological polar surface area (TPSA) is 51.5 Å². The van der Waals surface area contributed by atoms with Gasteiger partial charge in [0.25, 0.3) is 5.91 Å². The molecule has 1 unspecified atom stereocenters. The largest absolute Gasteiger partial charge is 0.484 e. The Labute approximate surface area is 187 Å². The van der Waals surface area contributed by atoms with E-state index in [-0.39, 0.29) is 29.0 Å². The summed E-state index contributed by atoms with van der Waals surface area (Å²) in [6.45, 7) is 2.29. The molecule has 4 aliphatic carbocycles. The highest BCUT2D eigenvalue weighted by molar-refractivity contribution is 6.32. The molecule has 6 rings (SSSR count). The van der Waals surface area contributed by atoms with Gasteiger partial charge in [-0.05, 0) is 98.4 Å². The van der Waals surface area contributed by atoms with Gasteiger partial charge in [-0.2, -0.15) is 0 Å². The molecule has 2 aromatic rings. The van der Waals surface area contributed by atoms with Crippen LogP contribution in [0, 0.1) is 29.0 Å². The molecule has 1 amide bonds. The lowest BCUT2D eigenvalue weighted by atomic mass is 9.47. The first-order valence-electron chi connectivity index (χ1n) is 11.4. The van der Waals surface area contributed by atoms with Crippen molar-refractivity contribution in [3.05, 3.63) is 52.7 Å². The number of rotatable bonds is 7. The Bertz CT molecular complexity index is 936. The fourth-order valence-corrected chi connectivity index (χ4v) is 7.06. The van der Waals surface area contributed by atoms with Crippen LogP contribution in [0.5, 0.6) is 5.75 Å². The summed E-state index contributed by atoms with van der Waals surface area (Å²) in [6, 6.07) is 7.58. The third kappa shape index (κ3) is 4.09. The van der Waals surface area contributed by atoms with Crippen LogP contribution in [0.1, 0.15) is 68.2 Å². The Hall–Kier alpha value is -2.01. The maximum absolute atomic E-state index is 13.2. The van der Waals surface area contributed by atoms with Gasteiger partial charge in [-0.1, -0.05) is 18.5 Å². The number of halogens is 2. The minimum absolute atomic E-state index is 0.116. The molecule has 6 heteroatoms. The number of hydrogen-bond donors (Lipinski definition) is 1. The Kier molecular flexibility index (Phi) is 5.49. The Morgan fingerprint density at radius 2 is 1.87 bits per heavy atom. The summed E-state index contributed by atoms with van der Waals surface area (Å²) in [4.78, 5) is 13.0. The van der Waals surface area contributed by atoms with Gasteiger partial charge in [0.1, 0.15) is 23.9 Å². The minimum Gasteiger partial charge on any atom is -0.484 e. The predicted octanol–water partition coefficient (Wildman–Crippen LogP) is 6.38. The second-order valence-electron chi connectivity index (χ2n) is 9.84. The molecule has 4 aliphatic rings. The zero-order chi connectivity index (χ0) is 21.6. The van der Waals surface area contributed by atoms with Crippen LogP contribution in [-0.4, -0.2) is 11.9 Å². The molecule has 1 N–H and O–H groups in total. The first-order valence-corrected chi connectivity index (χ1v) is 11.8. The summed E-state index contributed by atoms with van der Waals surface area (Å²) < 4.78 is 24.5. The van der Waals surface area contributed by atoms with Crippen LogP contribution >= 0.6 is 11.6 Å². The Balaban J connectivity index is 1.23. The summed E-state index contributed by atoms with van der Waals surface area (Å²) in [5, 5.41) is 3.51. The van der Waals surface area contributed by atoms with E-state index >= 15 is 0 Å². The van der Waals surface area contributed by atoms with Crippen molar-refractivity contribution in [2.45, 2.75) is 64.5 Å². The van der Waals surface area contributed by atoms with Crippen molar-refractivity contribution < 1.29 is 18.3 Å². The van der Waals surface area contributed by atoms with Crippen LogP contribution in [0.4, 0.5) is 4.39 Å². The van der Waals surface area contributed by atoms with Crippen molar-refractivity contribution in [2.24, 2.45) is 23.2 Å². The average molecular weight is 446 g/mol. The molecule has 4 saturated carbocycles. The van der Waals surface area contributed by atoms with Gasteiger partial charge in [0, 0.05) is 6.04 Å². The highest BCUT2D eigenvalue weighted by Crippen LogP contribution is 2.61.